The highest BCUT2D eigenvalue weighted by molar-refractivity contribution is 5.85. The molecule has 0 aromatic carbocycles. The van der Waals surface area contributed by atoms with Gasteiger partial charge in [-0.1, -0.05) is 13.8 Å². The Morgan fingerprint density at radius 2 is 1.83 bits per heavy atom. The van der Waals surface area contributed by atoms with Crippen molar-refractivity contribution in [2.75, 3.05) is 13.1 Å². The number of piperidine rings is 1. The maximum Gasteiger partial charge on any atom is 0.306 e. The molecule has 0 aromatic rings. The molecule has 1 amide bonds. The zero-order valence-electron chi connectivity index (χ0n) is 11.3. The summed E-state index contributed by atoms with van der Waals surface area (Å²) in [5, 5.41) is 8.95. The third-order valence-electron chi connectivity index (χ3n) is 4.24. The Morgan fingerprint density at radius 1 is 1.28 bits per heavy atom. The molecule has 4 nitrogen and oxygen atoms in total. The van der Waals surface area contributed by atoms with Gasteiger partial charge in [0.25, 0.3) is 0 Å². The predicted octanol–water partition coefficient (Wildman–Crippen LogP) is 2.14. The smallest absolute Gasteiger partial charge is 0.306 e. The van der Waals surface area contributed by atoms with E-state index < -0.39 is 5.97 Å². The highest BCUT2D eigenvalue weighted by atomic mass is 16.4. The minimum Gasteiger partial charge on any atom is -0.481 e. The van der Waals surface area contributed by atoms with Crippen LogP contribution in [0.5, 0.6) is 0 Å². The summed E-state index contributed by atoms with van der Waals surface area (Å²) in [7, 11) is 0. The minimum absolute atomic E-state index is 0.0930. The molecular weight excluding hydrogens is 230 g/mol. The standard InChI is InChI=1S/C14H23NO3/c1-10(2)9-14(5-6-14)13(18)15-7-3-11(4-8-15)12(16)17/h10-11H,3-9H2,1-2H3,(H,16,17). The molecule has 0 aromatic heterocycles. The van der Waals surface area contributed by atoms with Crippen LogP contribution in [0.2, 0.25) is 0 Å². The predicted molar refractivity (Wildman–Crippen MR) is 68.1 cm³/mol. The van der Waals surface area contributed by atoms with Crippen molar-refractivity contribution in [2.24, 2.45) is 17.3 Å². The van der Waals surface area contributed by atoms with E-state index in [2.05, 4.69) is 13.8 Å². The van der Waals surface area contributed by atoms with Crippen molar-refractivity contribution in [3.8, 4) is 0 Å². The first-order valence-electron chi connectivity index (χ1n) is 6.97. The third kappa shape index (κ3) is 2.68. The van der Waals surface area contributed by atoms with Crippen molar-refractivity contribution >= 4 is 11.9 Å². The molecule has 0 atom stereocenters. The lowest BCUT2D eigenvalue weighted by Crippen LogP contribution is -2.44. The van der Waals surface area contributed by atoms with Crippen molar-refractivity contribution in [3.05, 3.63) is 0 Å². The van der Waals surface area contributed by atoms with E-state index in [-0.39, 0.29) is 17.2 Å². The van der Waals surface area contributed by atoms with E-state index in [0.29, 0.717) is 31.8 Å². The summed E-state index contributed by atoms with van der Waals surface area (Å²) in [5.41, 5.74) is -0.0930. The summed E-state index contributed by atoms with van der Waals surface area (Å²) in [4.78, 5) is 25.3. The summed E-state index contributed by atoms with van der Waals surface area (Å²) in [5.74, 6) is -0.146. The fraction of sp³-hybridized carbons (Fsp3) is 0.857. The zero-order chi connectivity index (χ0) is 13.3. The second-order valence-corrected chi connectivity index (χ2v) is 6.28. The number of aliphatic carboxylic acids is 1. The van der Waals surface area contributed by atoms with Crippen LogP contribution in [0, 0.1) is 17.3 Å². The second-order valence-electron chi connectivity index (χ2n) is 6.28. The molecule has 0 spiro atoms. The first-order valence-corrected chi connectivity index (χ1v) is 6.97. The van der Waals surface area contributed by atoms with Gasteiger partial charge in [0.2, 0.25) is 5.91 Å². The molecule has 1 saturated carbocycles. The Bertz CT molecular complexity index is 339. The molecule has 1 saturated heterocycles. The monoisotopic (exact) mass is 253 g/mol. The Labute approximate surface area is 108 Å². The Hall–Kier alpha value is -1.06. The summed E-state index contributed by atoms with van der Waals surface area (Å²) < 4.78 is 0. The van der Waals surface area contributed by atoms with Gasteiger partial charge in [0.15, 0.2) is 0 Å². The fourth-order valence-electron chi connectivity index (χ4n) is 3.10. The SMILES string of the molecule is CC(C)CC1(C(=O)N2CCC(C(=O)O)CC2)CC1. The molecule has 2 fully saturated rings. The van der Waals surface area contributed by atoms with Crippen LogP contribution in [0.25, 0.3) is 0 Å². The van der Waals surface area contributed by atoms with Crippen LogP contribution in [0.15, 0.2) is 0 Å². The van der Waals surface area contributed by atoms with Gasteiger partial charge in [0.05, 0.1) is 5.92 Å². The number of carbonyl (C=O) groups excluding carboxylic acids is 1. The third-order valence-corrected chi connectivity index (χ3v) is 4.24. The van der Waals surface area contributed by atoms with E-state index in [1.807, 2.05) is 4.90 Å². The van der Waals surface area contributed by atoms with Crippen LogP contribution in [-0.2, 0) is 9.59 Å². The van der Waals surface area contributed by atoms with Crippen molar-refractivity contribution in [1.82, 2.24) is 4.90 Å². The van der Waals surface area contributed by atoms with Crippen molar-refractivity contribution in [3.63, 3.8) is 0 Å². The van der Waals surface area contributed by atoms with Crippen LogP contribution in [0.4, 0.5) is 0 Å². The van der Waals surface area contributed by atoms with Gasteiger partial charge in [-0.15, -0.1) is 0 Å². The van der Waals surface area contributed by atoms with E-state index in [9.17, 15) is 9.59 Å². The Balaban J connectivity index is 1.90. The summed E-state index contributed by atoms with van der Waals surface area (Å²) >= 11 is 0. The molecule has 1 aliphatic carbocycles. The number of carboxylic acids is 1. The second kappa shape index (κ2) is 4.90. The maximum atomic E-state index is 12.5. The first kappa shape index (κ1) is 13.4. The van der Waals surface area contributed by atoms with E-state index in [1.54, 1.807) is 0 Å². The van der Waals surface area contributed by atoms with Crippen LogP contribution in [0.1, 0.15) is 46.0 Å². The summed E-state index contributed by atoms with van der Waals surface area (Å²) in [6, 6.07) is 0. The highest BCUT2D eigenvalue weighted by Gasteiger charge is 2.51. The van der Waals surface area contributed by atoms with Gasteiger partial charge in [-0.05, 0) is 38.0 Å². The number of rotatable bonds is 4. The molecular formula is C14H23NO3. The number of hydrogen-bond acceptors (Lipinski definition) is 2. The quantitative estimate of drug-likeness (QED) is 0.835. The van der Waals surface area contributed by atoms with Gasteiger partial charge in [0, 0.05) is 18.5 Å². The van der Waals surface area contributed by atoms with Gasteiger partial charge < -0.3 is 10.0 Å². The van der Waals surface area contributed by atoms with Crippen molar-refractivity contribution in [1.29, 1.82) is 0 Å². The number of carboxylic acid groups (broad SMARTS) is 1. The van der Waals surface area contributed by atoms with E-state index in [1.165, 1.54) is 0 Å². The first-order chi connectivity index (χ1) is 8.44. The molecule has 0 unspecified atom stereocenters. The minimum atomic E-state index is -0.717. The molecule has 4 heteroatoms. The summed E-state index contributed by atoms with van der Waals surface area (Å²) in [6.45, 7) is 5.55. The molecule has 2 aliphatic rings. The zero-order valence-corrected chi connectivity index (χ0v) is 11.3. The fourth-order valence-corrected chi connectivity index (χ4v) is 3.10. The molecule has 1 aliphatic heterocycles. The normalized spacial score (nSPS) is 23.2. The molecule has 1 heterocycles. The summed E-state index contributed by atoms with van der Waals surface area (Å²) in [6.07, 6.45) is 4.23. The van der Waals surface area contributed by atoms with Crippen molar-refractivity contribution < 1.29 is 14.7 Å². The average Bonchev–Trinajstić information content (AvgIpc) is 3.08. The largest absolute Gasteiger partial charge is 0.481 e. The molecule has 0 radical (unpaired) electrons. The highest BCUT2D eigenvalue weighted by Crippen LogP contribution is 2.52. The van der Waals surface area contributed by atoms with Crippen molar-refractivity contribution in [2.45, 2.75) is 46.0 Å². The maximum absolute atomic E-state index is 12.5. The van der Waals surface area contributed by atoms with Gasteiger partial charge in [0.1, 0.15) is 0 Å². The lowest BCUT2D eigenvalue weighted by atomic mass is 9.90. The molecule has 1 N–H and O–H groups in total. The topological polar surface area (TPSA) is 57.6 Å². The lowest BCUT2D eigenvalue weighted by Gasteiger charge is -2.33. The number of likely N-dealkylation sites (tertiary alicyclic amines) is 1. The average molecular weight is 253 g/mol. The number of carbonyl (C=O) groups is 2. The van der Waals surface area contributed by atoms with Crippen LogP contribution >= 0.6 is 0 Å². The molecule has 102 valence electrons. The van der Waals surface area contributed by atoms with Gasteiger partial charge in [-0.2, -0.15) is 0 Å². The van der Waals surface area contributed by atoms with E-state index >= 15 is 0 Å². The van der Waals surface area contributed by atoms with Gasteiger partial charge in [-0.3, -0.25) is 9.59 Å². The number of amides is 1. The molecule has 18 heavy (non-hydrogen) atoms. The molecule has 2 rings (SSSR count). The number of hydrogen-bond donors (Lipinski definition) is 1. The Kier molecular flexibility index (Phi) is 3.64. The van der Waals surface area contributed by atoms with E-state index in [4.69, 9.17) is 5.11 Å². The van der Waals surface area contributed by atoms with Gasteiger partial charge in [-0.25, -0.2) is 0 Å². The van der Waals surface area contributed by atoms with Crippen LogP contribution in [-0.4, -0.2) is 35.0 Å². The van der Waals surface area contributed by atoms with Crippen LogP contribution in [0.3, 0.4) is 0 Å². The lowest BCUT2D eigenvalue weighted by molar-refractivity contribution is -0.147. The Morgan fingerprint density at radius 3 is 2.22 bits per heavy atom. The van der Waals surface area contributed by atoms with Crippen LogP contribution < -0.4 is 0 Å². The number of nitrogens with zero attached hydrogens (tertiary/aromatic N) is 1. The van der Waals surface area contributed by atoms with Gasteiger partial charge >= 0.3 is 5.97 Å². The molecule has 0 bridgehead atoms. The van der Waals surface area contributed by atoms with E-state index in [0.717, 1.165) is 19.3 Å².